The lowest BCUT2D eigenvalue weighted by Gasteiger charge is -1.95. The molecular formula is C10H12F3NOS. The van der Waals surface area contributed by atoms with E-state index >= 15 is 0 Å². The van der Waals surface area contributed by atoms with Crippen LogP contribution < -0.4 is 5.73 Å². The second-order valence-electron chi connectivity index (χ2n) is 2.88. The number of hydrogen-bond donors (Lipinski definition) is 1. The maximum Gasteiger partial charge on any atom is 0.470 e. The van der Waals surface area contributed by atoms with Gasteiger partial charge < -0.3 is 5.73 Å². The predicted octanol–water partition coefficient (Wildman–Crippen LogP) is 2.75. The van der Waals surface area contributed by atoms with Gasteiger partial charge in [0.2, 0.25) is 0 Å². The van der Waals surface area contributed by atoms with Crippen molar-refractivity contribution in [3.05, 3.63) is 29.8 Å². The van der Waals surface area contributed by atoms with Crippen LogP contribution in [-0.2, 0) is 4.79 Å². The summed E-state index contributed by atoms with van der Waals surface area (Å²) in [6, 6.07) is 8.54. The zero-order chi connectivity index (χ0) is 12.8. The molecule has 0 saturated heterocycles. The van der Waals surface area contributed by atoms with Gasteiger partial charge in [-0.1, -0.05) is 17.7 Å². The van der Waals surface area contributed by atoms with Gasteiger partial charge in [0.25, 0.3) is 0 Å². The van der Waals surface area contributed by atoms with Crippen molar-refractivity contribution < 1.29 is 18.0 Å². The molecule has 1 amide bonds. The molecule has 2 N–H and O–H groups in total. The molecule has 0 unspecified atom stereocenters. The fraction of sp³-hybridized carbons (Fsp3) is 0.300. The Kier molecular flexibility index (Phi) is 5.95. The average Bonchev–Trinajstić information content (AvgIpc) is 2.18. The van der Waals surface area contributed by atoms with E-state index in [2.05, 4.69) is 43.2 Å². The molecule has 0 aliphatic heterocycles. The van der Waals surface area contributed by atoms with Crippen LogP contribution in [0.4, 0.5) is 13.2 Å². The van der Waals surface area contributed by atoms with Gasteiger partial charge in [-0.3, -0.25) is 4.79 Å². The quantitative estimate of drug-likeness (QED) is 0.780. The molecule has 1 rings (SSSR count). The third kappa shape index (κ3) is 6.34. The number of amides is 1. The molecule has 0 aliphatic carbocycles. The Hall–Kier alpha value is -1.17. The van der Waals surface area contributed by atoms with Crippen LogP contribution in [0.2, 0.25) is 0 Å². The number of aryl methyl sites for hydroxylation is 1. The number of alkyl halides is 3. The van der Waals surface area contributed by atoms with Crippen molar-refractivity contribution in [1.82, 2.24) is 0 Å². The van der Waals surface area contributed by atoms with E-state index in [0.29, 0.717) is 0 Å². The van der Waals surface area contributed by atoms with Gasteiger partial charge >= 0.3 is 12.1 Å². The van der Waals surface area contributed by atoms with Crippen LogP contribution >= 0.6 is 11.8 Å². The fourth-order valence-corrected chi connectivity index (χ4v) is 1.08. The monoisotopic (exact) mass is 251 g/mol. The van der Waals surface area contributed by atoms with Gasteiger partial charge in [-0.2, -0.15) is 13.2 Å². The van der Waals surface area contributed by atoms with E-state index in [1.165, 1.54) is 10.5 Å². The highest BCUT2D eigenvalue weighted by atomic mass is 32.2. The van der Waals surface area contributed by atoms with Gasteiger partial charge in [0.1, 0.15) is 0 Å². The SMILES string of the molecule is CSc1ccc(C)cc1.NC(=O)C(F)(F)F. The first kappa shape index (κ1) is 14.8. The molecule has 0 radical (unpaired) electrons. The first-order valence-corrected chi connectivity index (χ1v) is 5.47. The second-order valence-corrected chi connectivity index (χ2v) is 3.76. The van der Waals surface area contributed by atoms with E-state index in [0.717, 1.165) is 0 Å². The minimum atomic E-state index is -4.86. The summed E-state index contributed by atoms with van der Waals surface area (Å²) in [5, 5.41) is 0. The van der Waals surface area contributed by atoms with E-state index in [1.807, 2.05) is 0 Å². The van der Waals surface area contributed by atoms with Crippen LogP contribution in [0.15, 0.2) is 29.2 Å². The highest BCUT2D eigenvalue weighted by Crippen LogP contribution is 2.13. The Morgan fingerprint density at radius 1 is 1.25 bits per heavy atom. The molecular weight excluding hydrogens is 239 g/mol. The average molecular weight is 251 g/mol. The van der Waals surface area contributed by atoms with Gasteiger partial charge in [0.05, 0.1) is 0 Å². The lowest BCUT2D eigenvalue weighted by atomic mass is 10.2. The zero-order valence-corrected chi connectivity index (χ0v) is 9.65. The number of benzene rings is 1. The summed E-state index contributed by atoms with van der Waals surface area (Å²) < 4.78 is 32.1. The molecule has 90 valence electrons. The van der Waals surface area contributed by atoms with Crippen molar-refractivity contribution in [2.75, 3.05) is 6.26 Å². The molecule has 0 bridgehead atoms. The summed E-state index contributed by atoms with van der Waals surface area (Å²) in [4.78, 5) is 10.5. The second kappa shape index (κ2) is 6.42. The van der Waals surface area contributed by atoms with Crippen LogP contribution in [0.5, 0.6) is 0 Å². The van der Waals surface area contributed by atoms with Gasteiger partial charge in [-0.05, 0) is 25.3 Å². The highest BCUT2D eigenvalue weighted by Gasteiger charge is 2.35. The number of nitrogens with two attached hydrogens (primary N) is 1. The molecule has 1 aromatic rings. The van der Waals surface area contributed by atoms with Crippen molar-refractivity contribution in [1.29, 1.82) is 0 Å². The lowest BCUT2D eigenvalue weighted by Crippen LogP contribution is -2.30. The zero-order valence-electron chi connectivity index (χ0n) is 8.84. The molecule has 16 heavy (non-hydrogen) atoms. The summed E-state index contributed by atoms with van der Waals surface area (Å²) in [7, 11) is 0. The maximum atomic E-state index is 10.7. The Bertz CT molecular complexity index is 335. The molecule has 1 aromatic carbocycles. The molecule has 0 fully saturated rings. The van der Waals surface area contributed by atoms with Gasteiger partial charge in [0, 0.05) is 4.90 Å². The van der Waals surface area contributed by atoms with Crippen molar-refractivity contribution in [3.8, 4) is 0 Å². The predicted molar refractivity (Wildman–Crippen MR) is 58.2 cm³/mol. The Morgan fingerprint density at radius 2 is 1.62 bits per heavy atom. The third-order valence-corrected chi connectivity index (χ3v) is 2.28. The van der Waals surface area contributed by atoms with Crippen LogP contribution in [0.25, 0.3) is 0 Å². The Labute approximate surface area is 96.0 Å². The molecule has 2 nitrogen and oxygen atoms in total. The molecule has 0 saturated carbocycles. The maximum absolute atomic E-state index is 10.7. The molecule has 0 aliphatic rings. The van der Waals surface area contributed by atoms with E-state index in [4.69, 9.17) is 4.79 Å². The van der Waals surface area contributed by atoms with Gasteiger partial charge in [0.15, 0.2) is 0 Å². The number of carbonyl (C=O) groups is 1. The summed E-state index contributed by atoms with van der Waals surface area (Å²) in [6.07, 6.45) is -2.77. The smallest absolute Gasteiger partial charge is 0.362 e. The van der Waals surface area contributed by atoms with Crippen molar-refractivity contribution in [2.45, 2.75) is 18.0 Å². The minimum Gasteiger partial charge on any atom is -0.362 e. The van der Waals surface area contributed by atoms with Gasteiger partial charge in [-0.15, -0.1) is 11.8 Å². The number of halogens is 3. The Balaban J connectivity index is 0.000000293. The highest BCUT2D eigenvalue weighted by molar-refractivity contribution is 7.98. The minimum absolute atomic E-state index is 1.33. The number of primary amides is 1. The summed E-state index contributed by atoms with van der Waals surface area (Å²) in [5.41, 5.74) is 5.13. The fourth-order valence-electron chi connectivity index (χ4n) is 0.674. The van der Waals surface area contributed by atoms with Crippen LogP contribution in [0, 0.1) is 6.92 Å². The number of rotatable bonds is 1. The van der Waals surface area contributed by atoms with Crippen molar-refractivity contribution >= 4 is 17.7 Å². The van der Waals surface area contributed by atoms with Gasteiger partial charge in [-0.25, -0.2) is 0 Å². The standard InChI is InChI=1S/C8H10S.C2H2F3NO/c1-7-3-5-8(9-2)6-4-7;3-2(4,5)1(6)7/h3-6H,1-2H3;(H2,6,7). The molecule has 0 heterocycles. The summed E-state index contributed by atoms with van der Waals surface area (Å²) in [6.45, 7) is 2.10. The number of hydrogen-bond acceptors (Lipinski definition) is 2. The van der Waals surface area contributed by atoms with E-state index in [9.17, 15) is 13.2 Å². The number of carbonyl (C=O) groups excluding carboxylic acids is 1. The first-order valence-electron chi connectivity index (χ1n) is 4.24. The van der Waals surface area contributed by atoms with Crippen LogP contribution in [0.1, 0.15) is 5.56 Å². The topological polar surface area (TPSA) is 43.1 Å². The first-order chi connectivity index (χ1) is 7.27. The van der Waals surface area contributed by atoms with Crippen molar-refractivity contribution in [2.24, 2.45) is 5.73 Å². The molecule has 0 atom stereocenters. The number of thioether (sulfide) groups is 1. The van der Waals surface area contributed by atoms with Crippen LogP contribution in [-0.4, -0.2) is 18.3 Å². The van der Waals surface area contributed by atoms with Crippen LogP contribution in [0.3, 0.4) is 0 Å². The van der Waals surface area contributed by atoms with E-state index in [1.54, 1.807) is 11.8 Å². The normalized spacial score (nSPS) is 10.3. The van der Waals surface area contributed by atoms with E-state index in [-0.39, 0.29) is 0 Å². The summed E-state index contributed by atoms with van der Waals surface area (Å²) in [5.74, 6) is -2.26. The Morgan fingerprint density at radius 3 is 1.88 bits per heavy atom. The molecule has 0 spiro atoms. The van der Waals surface area contributed by atoms with Crippen molar-refractivity contribution in [3.63, 3.8) is 0 Å². The lowest BCUT2D eigenvalue weighted by molar-refractivity contribution is -0.169. The molecule has 0 aromatic heterocycles. The molecule has 6 heteroatoms. The largest absolute Gasteiger partial charge is 0.470 e. The summed E-state index contributed by atoms with van der Waals surface area (Å²) >= 11 is 1.78. The third-order valence-electron chi connectivity index (χ3n) is 1.54. The van der Waals surface area contributed by atoms with E-state index < -0.39 is 12.1 Å².